The third-order valence-corrected chi connectivity index (χ3v) is 0.964. The Labute approximate surface area is 61.6 Å². The van der Waals surface area contributed by atoms with Gasteiger partial charge in [0.1, 0.15) is 0 Å². The largest absolute Gasteiger partial charge is 0.327 e. The van der Waals surface area contributed by atoms with Crippen LogP contribution in [0.4, 0.5) is 0 Å². The average Bonchev–Trinajstić information content (AvgIpc) is 1.86. The van der Waals surface area contributed by atoms with Crippen molar-refractivity contribution in [3.05, 3.63) is 24.4 Å². The fourth-order valence-corrected chi connectivity index (χ4v) is 0.609. The van der Waals surface area contributed by atoms with Crippen molar-refractivity contribution in [3.63, 3.8) is 0 Å². The zero-order valence-electron chi connectivity index (χ0n) is 6.48. The molecule has 0 bridgehead atoms. The minimum atomic E-state index is -0.0559. The number of hydrogen-bond acceptors (Lipinski definition) is 1. The summed E-state index contributed by atoms with van der Waals surface area (Å²) in [6.07, 6.45) is 4.45. The molecule has 1 N–H and O–H groups in total. The molecular weight excluding hydrogens is 126 g/mol. The smallest absolute Gasteiger partial charge is 0.221 e. The van der Waals surface area contributed by atoms with Crippen LogP contribution in [0.15, 0.2) is 24.4 Å². The number of carbonyl (C=O) groups is 1. The highest BCUT2D eigenvalue weighted by Crippen LogP contribution is 1.91. The van der Waals surface area contributed by atoms with Crippen molar-refractivity contribution in [1.29, 1.82) is 0 Å². The van der Waals surface area contributed by atoms with Crippen molar-refractivity contribution < 1.29 is 4.79 Å². The Kier molecular flexibility index (Phi) is 4.29. The Bertz CT molecular complexity index is 159. The predicted octanol–water partition coefficient (Wildman–Crippen LogP) is 1.60. The van der Waals surface area contributed by atoms with Crippen LogP contribution in [0.2, 0.25) is 0 Å². The van der Waals surface area contributed by atoms with E-state index in [1.54, 1.807) is 6.08 Å². The van der Waals surface area contributed by atoms with Gasteiger partial charge in [-0.3, -0.25) is 4.79 Å². The summed E-state index contributed by atoms with van der Waals surface area (Å²) in [7, 11) is 0. The average molecular weight is 139 g/mol. The molecule has 0 radical (unpaired) electrons. The van der Waals surface area contributed by atoms with Gasteiger partial charge in [-0.15, -0.1) is 0 Å². The molecule has 0 saturated heterocycles. The summed E-state index contributed by atoms with van der Waals surface area (Å²) in [5.74, 6) is -0.0559. The first kappa shape index (κ1) is 8.95. The van der Waals surface area contributed by atoms with E-state index in [-0.39, 0.29) is 5.91 Å². The van der Waals surface area contributed by atoms with Crippen LogP contribution in [0.5, 0.6) is 0 Å². The molecular formula is C8H13NO. The molecule has 0 rings (SSSR count). The quantitative estimate of drug-likeness (QED) is 0.591. The molecule has 0 heterocycles. The van der Waals surface area contributed by atoms with Gasteiger partial charge in [0, 0.05) is 12.6 Å². The molecule has 0 aliphatic heterocycles. The lowest BCUT2D eigenvalue weighted by atomic mass is 10.3. The van der Waals surface area contributed by atoms with E-state index < -0.39 is 0 Å². The molecule has 1 amide bonds. The maximum atomic E-state index is 10.5. The van der Waals surface area contributed by atoms with E-state index in [9.17, 15) is 4.79 Å². The zero-order valence-corrected chi connectivity index (χ0v) is 6.48. The van der Waals surface area contributed by atoms with E-state index in [2.05, 4.69) is 11.9 Å². The van der Waals surface area contributed by atoms with E-state index in [1.807, 2.05) is 13.0 Å². The number of nitrogens with one attached hydrogen (secondary N) is 1. The van der Waals surface area contributed by atoms with Gasteiger partial charge in [-0.2, -0.15) is 0 Å². The van der Waals surface area contributed by atoms with Crippen LogP contribution in [0, 0.1) is 0 Å². The molecule has 0 aliphatic rings. The van der Waals surface area contributed by atoms with E-state index >= 15 is 0 Å². The molecule has 2 nitrogen and oxygen atoms in total. The summed E-state index contributed by atoms with van der Waals surface area (Å²) in [6.45, 7) is 7.03. The van der Waals surface area contributed by atoms with Crippen LogP contribution in [-0.4, -0.2) is 5.91 Å². The summed E-state index contributed by atoms with van der Waals surface area (Å²) >= 11 is 0. The number of allylic oxidation sites excluding steroid dienone is 2. The second-order valence-corrected chi connectivity index (χ2v) is 1.95. The fraction of sp³-hybridized carbons (Fsp3) is 0.375. The Morgan fingerprint density at radius 2 is 2.30 bits per heavy atom. The monoisotopic (exact) mass is 139 g/mol. The van der Waals surface area contributed by atoms with Crippen LogP contribution in [0.3, 0.4) is 0 Å². The van der Waals surface area contributed by atoms with Crippen LogP contribution in [0.1, 0.15) is 20.3 Å². The Balaban J connectivity index is 3.95. The van der Waals surface area contributed by atoms with Crippen LogP contribution >= 0.6 is 0 Å². The lowest BCUT2D eigenvalue weighted by molar-refractivity contribution is -0.118. The van der Waals surface area contributed by atoms with Gasteiger partial charge in [-0.1, -0.05) is 19.6 Å². The first-order valence-electron chi connectivity index (χ1n) is 3.31. The summed E-state index contributed by atoms with van der Waals surface area (Å²) in [5.41, 5.74) is 0.787. The second kappa shape index (κ2) is 4.79. The topological polar surface area (TPSA) is 29.1 Å². The van der Waals surface area contributed by atoms with Crippen molar-refractivity contribution in [3.8, 4) is 0 Å². The number of hydrogen-bond donors (Lipinski definition) is 1. The molecule has 0 aromatic carbocycles. The van der Waals surface area contributed by atoms with E-state index in [4.69, 9.17) is 0 Å². The number of rotatable bonds is 3. The standard InChI is InChI=1S/C8H13NO/c1-4-6-8(5-2)9-7(3)10/h5-6H,2,4H2,1,3H3,(H,9,10)/b8-6+. The minimum absolute atomic E-state index is 0.0559. The van der Waals surface area contributed by atoms with Crippen LogP contribution in [0.25, 0.3) is 0 Å². The van der Waals surface area contributed by atoms with Crippen LogP contribution in [-0.2, 0) is 4.79 Å². The summed E-state index contributed by atoms with van der Waals surface area (Å²) in [4.78, 5) is 10.5. The van der Waals surface area contributed by atoms with Crippen molar-refractivity contribution in [2.75, 3.05) is 0 Å². The van der Waals surface area contributed by atoms with Crippen molar-refractivity contribution >= 4 is 5.91 Å². The normalized spacial score (nSPS) is 10.8. The first-order chi connectivity index (χ1) is 4.70. The molecule has 0 unspecified atom stereocenters. The summed E-state index contributed by atoms with van der Waals surface area (Å²) in [5, 5.41) is 2.63. The second-order valence-electron chi connectivity index (χ2n) is 1.95. The third-order valence-electron chi connectivity index (χ3n) is 0.964. The third kappa shape index (κ3) is 3.89. The lowest BCUT2D eigenvalue weighted by Crippen LogP contribution is -2.17. The maximum absolute atomic E-state index is 10.5. The Morgan fingerprint density at radius 3 is 2.60 bits per heavy atom. The van der Waals surface area contributed by atoms with Gasteiger partial charge in [-0.25, -0.2) is 0 Å². The van der Waals surface area contributed by atoms with E-state index in [0.29, 0.717) is 0 Å². The molecule has 2 heteroatoms. The van der Waals surface area contributed by atoms with Crippen molar-refractivity contribution in [1.82, 2.24) is 5.32 Å². The summed E-state index contributed by atoms with van der Waals surface area (Å²) < 4.78 is 0. The molecule has 0 saturated carbocycles. The maximum Gasteiger partial charge on any atom is 0.221 e. The number of amides is 1. The van der Waals surface area contributed by atoms with Gasteiger partial charge in [-0.05, 0) is 12.5 Å². The van der Waals surface area contributed by atoms with Gasteiger partial charge in [0.15, 0.2) is 0 Å². The Hall–Kier alpha value is -1.05. The van der Waals surface area contributed by atoms with Gasteiger partial charge in [0.25, 0.3) is 0 Å². The van der Waals surface area contributed by atoms with E-state index in [1.165, 1.54) is 6.92 Å². The highest BCUT2D eigenvalue weighted by atomic mass is 16.1. The lowest BCUT2D eigenvalue weighted by Gasteiger charge is -1.99. The van der Waals surface area contributed by atoms with Gasteiger partial charge >= 0.3 is 0 Å². The van der Waals surface area contributed by atoms with E-state index in [0.717, 1.165) is 12.1 Å². The highest BCUT2D eigenvalue weighted by Gasteiger charge is 1.91. The molecule has 0 atom stereocenters. The number of carbonyl (C=O) groups excluding carboxylic acids is 1. The van der Waals surface area contributed by atoms with Crippen molar-refractivity contribution in [2.45, 2.75) is 20.3 Å². The van der Waals surface area contributed by atoms with Gasteiger partial charge in [0.2, 0.25) is 5.91 Å². The molecule has 10 heavy (non-hydrogen) atoms. The molecule has 0 aromatic heterocycles. The fourth-order valence-electron chi connectivity index (χ4n) is 0.609. The van der Waals surface area contributed by atoms with Gasteiger partial charge < -0.3 is 5.32 Å². The molecule has 0 aromatic rings. The highest BCUT2D eigenvalue weighted by molar-refractivity contribution is 5.75. The first-order valence-corrected chi connectivity index (χ1v) is 3.31. The van der Waals surface area contributed by atoms with Crippen LogP contribution < -0.4 is 5.32 Å². The minimum Gasteiger partial charge on any atom is -0.327 e. The van der Waals surface area contributed by atoms with Crippen molar-refractivity contribution in [2.24, 2.45) is 0 Å². The molecule has 56 valence electrons. The summed E-state index contributed by atoms with van der Waals surface area (Å²) in [6, 6.07) is 0. The molecule has 0 aliphatic carbocycles. The predicted molar refractivity (Wildman–Crippen MR) is 42.4 cm³/mol. The van der Waals surface area contributed by atoms with Gasteiger partial charge in [0.05, 0.1) is 0 Å². The zero-order chi connectivity index (χ0) is 7.98. The molecule has 0 spiro atoms. The Morgan fingerprint density at radius 1 is 1.70 bits per heavy atom. The SMILES string of the molecule is C=C/C(=C\CC)NC(C)=O. The molecule has 0 fully saturated rings.